The molecule has 0 aliphatic heterocycles. The summed E-state index contributed by atoms with van der Waals surface area (Å²) in [6.07, 6.45) is 0.638. The van der Waals surface area contributed by atoms with Gasteiger partial charge in [-0.15, -0.1) is 0 Å². The van der Waals surface area contributed by atoms with Crippen LogP contribution in [0.1, 0.15) is 19.8 Å². The molecule has 0 bridgehead atoms. The summed E-state index contributed by atoms with van der Waals surface area (Å²) in [5, 5.41) is 0. The molecule has 5 heteroatoms. The number of hydrogen-bond acceptors (Lipinski definition) is 5. The molecule has 0 amide bonds. The third kappa shape index (κ3) is 7.42. The van der Waals surface area contributed by atoms with Crippen LogP contribution in [0, 0.1) is 0 Å². The lowest BCUT2D eigenvalue weighted by Gasteiger charge is -2.04. The lowest BCUT2D eigenvalue weighted by atomic mass is 10.4. The van der Waals surface area contributed by atoms with Gasteiger partial charge in [0, 0.05) is 12.0 Å². The minimum atomic E-state index is -0.573. The Morgan fingerprint density at radius 3 is 2.40 bits per heavy atom. The van der Waals surface area contributed by atoms with Crippen LogP contribution in [-0.2, 0) is 23.9 Å². The highest BCUT2D eigenvalue weighted by atomic mass is 16.5. The second-order valence-electron chi connectivity index (χ2n) is 2.86. The molecule has 0 aromatic heterocycles. The topological polar surface area (TPSA) is 69.7 Å². The van der Waals surface area contributed by atoms with Crippen LogP contribution < -0.4 is 0 Å². The number of carbonyl (C=O) groups is 3. The van der Waals surface area contributed by atoms with Crippen LogP contribution in [0.4, 0.5) is 0 Å². The standard InChI is InChI=1S/C10H14O5/c1-8(2)10(13)15-7-3-6-14-9(12)4-5-11/h5H,1,3-4,6-7H2,2H3. The molecule has 15 heavy (non-hydrogen) atoms. The van der Waals surface area contributed by atoms with E-state index in [1.165, 1.54) is 0 Å². The SMILES string of the molecule is C=C(C)C(=O)OCCCOC(=O)CC=O. The molecule has 0 rings (SSSR count). The molecule has 0 heterocycles. The van der Waals surface area contributed by atoms with Gasteiger partial charge in [-0.25, -0.2) is 4.79 Å². The first kappa shape index (κ1) is 13.4. The first-order chi connectivity index (χ1) is 7.07. The van der Waals surface area contributed by atoms with Gasteiger partial charge in [-0.2, -0.15) is 0 Å². The van der Waals surface area contributed by atoms with Crippen LogP contribution in [0.2, 0.25) is 0 Å². The number of hydrogen-bond donors (Lipinski definition) is 0. The molecule has 0 aromatic carbocycles. The van der Waals surface area contributed by atoms with Crippen molar-refractivity contribution in [1.29, 1.82) is 0 Å². The molecule has 0 spiro atoms. The third-order valence-electron chi connectivity index (χ3n) is 1.38. The van der Waals surface area contributed by atoms with E-state index in [-0.39, 0.29) is 19.6 Å². The normalized spacial score (nSPS) is 9.13. The molecule has 0 N–H and O–H groups in total. The van der Waals surface area contributed by atoms with E-state index >= 15 is 0 Å². The largest absolute Gasteiger partial charge is 0.465 e. The molecule has 0 radical (unpaired) electrons. The van der Waals surface area contributed by atoms with Crippen molar-refractivity contribution >= 4 is 18.2 Å². The van der Waals surface area contributed by atoms with E-state index in [9.17, 15) is 14.4 Å². The van der Waals surface area contributed by atoms with Crippen LogP contribution in [0.15, 0.2) is 12.2 Å². The zero-order valence-electron chi connectivity index (χ0n) is 8.65. The molecular weight excluding hydrogens is 200 g/mol. The molecule has 84 valence electrons. The Morgan fingerprint density at radius 2 is 1.87 bits per heavy atom. The minimum Gasteiger partial charge on any atom is -0.465 e. The highest BCUT2D eigenvalue weighted by Gasteiger charge is 2.03. The zero-order valence-corrected chi connectivity index (χ0v) is 8.65. The second-order valence-corrected chi connectivity index (χ2v) is 2.86. The van der Waals surface area contributed by atoms with E-state index in [2.05, 4.69) is 11.3 Å². The molecule has 5 nitrogen and oxygen atoms in total. The van der Waals surface area contributed by atoms with Gasteiger partial charge < -0.3 is 14.3 Å². The molecule has 0 aliphatic rings. The molecule has 0 aliphatic carbocycles. The first-order valence-corrected chi connectivity index (χ1v) is 4.49. The Balaban J connectivity index is 3.39. The highest BCUT2D eigenvalue weighted by molar-refractivity contribution is 5.86. The van der Waals surface area contributed by atoms with Crippen molar-refractivity contribution in [2.24, 2.45) is 0 Å². The van der Waals surface area contributed by atoms with Gasteiger partial charge in [-0.05, 0) is 6.92 Å². The zero-order chi connectivity index (χ0) is 11.7. The van der Waals surface area contributed by atoms with Gasteiger partial charge in [-0.3, -0.25) is 4.79 Å². The number of ether oxygens (including phenoxy) is 2. The lowest BCUT2D eigenvalue weighted by Crippen LogP contribution is -2.11. The average Bonchev–Trinajstić information content (AvgIpc) is 2.17. The van der Waals surface area contributed by atoms with Crippen molar-refractivity contribution in [2.75, 3.05) is 13.2 Å². The van der Waals surface area contributed by atoms with Crippen molar-refractivity contribution in [3.05, 3.63) is 12.2 Å². The highest BCUT2D eigenvalue weighted by Crippen LogP contribution is 1.94. The summed E-state index contributed by atoms with van der Waals surface area (Å²) in [7, 11) is 0. The summed E-state index contributed by atoms with van der Waals surface area (Å²) in [6.45, 7) is 5.26. The Hall–Kier alpha value is -1.65. The van der Waals surface area contributed by atoms with E-state index in [1.807, 2.05) is 0 Å². The van der Waals surface area contributed by atoms with Crippen LogP contribution in [0.25, 0.3) is 0 Å². The maximum atomic E-state index is 10.9. The maximum absolute atomic E-state index is 10.9. The van der Waals surface area contributed by atoms with Gasteiger partial charge in [0.05, 0.1) is 13.2 Å². The molecule has 0 unspecified atom stereocenters. The van der Waals surface area contributed by atoms with E-state index in [0.29, 0.717) is 18.3 Å². The van der Waals surface area contributed by atoms with Gasteiger partial charge in [0.2, 0.25) is 0 Å². The summed E-state index contributed by atoms with van der Waals surface area (Å²) in [4.78, 5) is 31.4. The van der Waals surface area contributed by atoms with E-state index in [0.717, 1.165) is 0 Å². The molecule has 0 fully saturated rings. The summed E-state index contributed by atoms with van der Waals surface area (Å²) in [5.41, 5.74) is 0.327. The van der Waals surface area contributed by atoms with Gasteiger partial charge >= 0.3 is 11.9 Å². The number of esters is 2. The third-order valence-corrected chi connectivity index (χ3v) is 1.38. The van der Waals surface area contributed by atoms with Crippen LogP contribution in [-0.4, -0.2) is 31.4 Å². The van der Waals surface area contributed by atoms with Gasteiger partial charge in [-0.1, -0.05) is 6.58 Å². The Bertz CT molecular complexity index is 257. The van der Waals surface area contributed by atoms with E-state index < -0.39 is 11.9 Å². The molecule has 0 atom stereocenters. The van der Waals surface area contributed by atoms with Gasteiger partial charge in [0.1, 0.15) is 12.7 Å². The van der Waals surface area contributed by atoms with Crippen LogP contribution in [0.3, 0.4) is 0 Å². The summed E-state index contributed by atoms with van der Waals surface area (Å²) in [5.74, 6) is -1.04. The van der Waals surface area contributed by atoms with Gasteiger partial charge in [0.15, 0.2) is 0 Å². The fourth-order valence-electron chi connectivity index (χ4n) is 0.660. The monoisotopic (exact) mass is 214 g/mol. The van der Waals surface area contributed by atoms with Crippen molar-refractivity contribution in [3.8, 4) is 0 Å². The predicted octanol–water partition coefficient (Wildman–Crippen LogP) is 0.628. The molecule has 0 saturated heterocycles. The van der Waals surface area contributed by atoms with E-state index in [4.69, 9.17) is 4.74 Å². The smallest absolute Gasteiger partial charge is 0.333 e. The quantitative estimate of drug-likeness (QED) is 0.204. The van der Waals surface area contributed by atoms with E-state index in [1.54, 1.807) is 6.92 Å². The summed E-state index contributed by atoms with van der Waals surface area (Å²) in [6, 6.07) is 0. The summed E-state index contributed by atoms with van der Waals surface area (Å²) >= 11 is 0. The molecule has 0 aromatic rings. The minimum absolute atomic E-state index is 0.135. The van der Waals surface area contributed by atoms with Crippen LogP contribution in [0.5, 0.6) is 0 Å². The van der Waals surface area contributed by atoms with Crippen molar-refractivity contribution in [3.63, 3.8) is 0 Å². The Labute approximate surface area is 88.0 Å². The molecular formula is C10H14O5. The number of rotatable bonds is 7. The summed E-state index contributed by atoms with van der Waals surface area (Å²) < 4.78 is 9.39. The van der Waals surface area contributed by atoms with Gasteiger partial charge in [0.25, 0.3) is 0 Å². The number of carbonyl (C=O) groups excluding carboxylic acids is 3. The lowest BCUT2D eigenvalue weighted by molar-refractivity contribution is -0.145. The number of aldehydes is 1. The van der Waals surface area contributed by atoms with Crippen molar-refractivity contribution < 1.29 is 23.9 Å². The Kier molecular flexibility index (Phi) is 6.88. The predicted molar refractivity (Wildman–Crippen MR) is 52.0 cm³/mol. The van der Waals surface area contributed by atoms with Crippen LogP contribution >= 0.6 is 0 Å². The van der Waals surface area contributed by atoms with Crippen molar-refractivity contribution in [1.82, 2.24) is 0 Å². The maximum Gasteiger partial charge on any atom is 0.333 e. The van der Waals surface area contributed by atoms with Crippen molar-refractivity contribution in [2.45, 2.75) is 19.8 Å². The second kappa shape index (κ2) is 7.73. The average molecular weight is 214 g/mol. The Morgan fingerprint density at radius 1 is 1.27 bits per heavy atom. The fraction of sp³-hybridized carbons (Fsp3) is 0.500. The molecule has 0 saturated carbocycles. The fourth-order valence-corrected chi connectivity index (χ4v) is 0.660. The first-order valence-electron chi connectivity index (χ1n) is 4.49.